The minimum absolute atomic E-state index is 0.0423. The Morgan fingerprint density at radius 1 is 1.47 bits per heavy atom. The van der Waals surface area contributed by atoms with Crippen LogP contribution in [-0.4, -0.2) is 30.6 Å². The lowest BCUT2D eigenvalue weighted by atomic mass is 10.1. The number of hydrogen-bond acceptors (Lipinski definition) is 3. The molecule has 5 heteroatoms. The molecule has 1 amide bonds. The van der Waals surface area contributed by atoms with E-state index < -0.39 is 6.10 Å². The molecule has 94 valence electrons. The third-order valence-electron chi connectivity index (χ3n) is 2.25. The second kappa shape index (κ2) is 7.42. The highest BCUT2D eigenvalue weighted by molar-refractivity contribution is 9.10. The fourth-order valence-corrected chi connectivity index (χ4v) is 1.81. The van der Waals surface area contributed by atoms with E-state index in [4.69, 9.17) is 0 Å². The fourth-order valence-electron chi connectivity index (χ4n) is 1.40. The van der Waals surface area contributed by atoms with Crippen LogP contribution >= 0.6 is 15.9 Å². The number of rotatable bonds is 6. The summed E-state index contributed by atoms with van der Waals surface area (Å²) in [5.41, 5.74) is 0.867. The van der Waals surface area contributed by atoms with Crippen molar-refractivity contribution in [2.45, 2.75) is 13.0 Å². The summed E-state index contributed by atoms with van der Waals surface area (Å²) in [4.78, 5) is 10.6. The average Bonchev–Trinajstić information content (AvgIpc) is 2.28. The molecule has 0 saturated heterocycles. The van der Waals surface area contributed by atoms with E-state index in [1.165, 1.54) is 6.92 Å². The molecule has 3 N–H and O–H groups in total. The number of hydrogen-bond donors (Lipinski definition) is 3. The van der Waals surface area contributed by atoms with Crippen LogP contribution in [0, 0.1) is 0 Å². The average molecular weight is 301 g/mol. The molecule has 0 fully saturated rings. The zero-order valence-electron chi connectivity index (χ0n) is 9.74. The van der Waals surface area contributed by atoms with Gasteiger partial charge in [-0.15, -0.1) is 0 Å². The molecule has 0 spiro atoms. The van der Waals surface area contributed by atoms with Gasteiger partial charge in [0.2, 0.25) is 5.91 Å². The van der Waals surface area contributed by atoms with E-state index in [1.807, 2.05) is 24.3 Å². The number of halogens is 1. The Kier molecular flexibility index (Phi) is 6.18. The van der Waals surface area contributed by atoms with Gasteiger partial charge in [-0.3, -0.25) is 4.79 Å². The molecule has 0 aliphatic carbocycles. The van der Waals surface area contributed by atoms with E-state index in [9.17, 15) is 9.90 Å². The number of carbonyl (C=O) groups excluding carboxylic acids is 1. The zero-order valence-corrected chi connectivity index (χ0v) is 11.3. The molecule has 0 heterocycles. The minimum atomic E-state index is -0.537. The maximum atomic E-state index is 10.6. The molecule has 4 nitrogen and oxygen atoms in total. The molecule has 0 aliphatic heterocycles. The molecule has 0 bridgehead atoms. The maximum Gasteiger partial charge on any atom is 0.216 e. The number of carbonyl (C=O) groups is 1. The van der Waals surface area contributed by atoms with Crippen molar-refractivity contribution >= 4 is 21.8 Å². The van der Waals surface area contributed by atoms with Crippen LogP contribution < -0.4 is 10.6 Å². The van der Waals surface area contributed by atoms with Crippen molar-refractivity contribution in [3.8, 4) is 0 Å². The largest absolute Gasteiger partial charge is 0.387 e. The van der Waals surface area contributed by atoms with Crippen LogP contribution in [0.25, 0.3) is 0 Å². The van der Waals surface area contributed by atoms with Gasteiger partial charge >= 0.3 is 0 Å². The highest BCUT2D eigenvalue weighted by Crippen LogP contribution is 2.17. The molecular weight excluding hydrogens is 284 g/mol. The summed E-state index contributed by atoms with van der Waals surface area (Å²) in [5, 5.41) is 15.6. The van der Waals surface area contributed by atoms with Crippen molar-refractivity contribution in [1.82, 2.24) is 10.6 Å². The first-order valence-electron chi connectivity index (χ1n) is 5.48. The van der Waals surface area contributed by atoms with Gasteiger partial charge in [0, 0.05) is 31.0 Å². The summed E-state index contributed by atoms with van der Waals surface area (Å²) >= 11 is 3.36. The SMILES string of the molecule is CC(=O)NCCNCC(O)c1cccc(Br)c1. The molecule has 1 aromatic rings. The molecule has 0 aliphatic rings. The van der Waals surface area contributed by atoms with Crippen LogP contribution in [0.2, 0.25) is 0 Å². The van der Waals surface area contributed by atoms with E-state index in [0.717, 1.165) is 10.0 Å². The normalized spacial score (nSPS) is 12.2. The maximum absolute atomic E-state index is 10.6. The molecule has 1 unspecified atom stereocenters. The highest BCUT2D eigenvalue weighted by Gasteiger charge is 2.06. The van der Waals surface area contributed by atoms with Crippen molar-refractivity contribution < 1.29 is 9.90 Å². The van der Waals surface area contributed by atoms with Crippen molar-refractivity contribution in [2.75, 3.05) is 19.6 Å². The van der Waals surface area contributed by atoms with Crippen molar-refractivity contribution in [1.29, 1.82) is 0 Å². The Morgan fingerprint density at radius 3 is 2.88 bits per heavy atom. The second-order valence-corrected chi connectivity index (χ2v) is 4.67. The van der Waals surface area contributed by atoms with Gasteiger partial charge in [-0.1, -0.05) is 28.1 Å². The van der Waals surface area contributed by atoms with Gasteiger partial charge in [-0.2, -0.15) is 0 Å². The lowest BCUT2D eigenvalue weighted by molar-refractivity contribution is -0.118. The van der Waals surface area contributed by atoms with Gasteiger partial charge in [-0.05, 0) is 17.7 Å². The van der Waals surface area contributed by atoms with Gasteiger partial charge in [-0.25, -0.2) is 0 Å². The van der Waals surface area contributed by atoms with Crippen molar-refractivity contribution in [3.05, 3.63) is 34.3 Å². The predicted molar refractivity (Wildman–Crippen MR) is 70.7 cm³/mol. The summed E-state index contributed by atoms with van der Waals surface area (Å²) in [6.45, 7) is 3.16. The van der Waals surface area contributed by atoms with Crippen molar-refractivity contribution in [2.24, 2.45) is 0 Å². The smallest absolute Gasteiger partial charge is 0.216 e. The molecule has 1 aromatic carbocycles. The Hall–Kier alpha value is -0.910. The van der Waals surface area contributed by atoms with Crippen LogP contribution in [0.1, 0.15) is 18.6 Å². The summed E-state index contributed by atoms with van der Waals surface area (Å²) in [6, 6.07) is 7.57. The molecule has 0 saturated carbocycles. The topological polar surface area (TPSA) is 61.4 Å². The third-order valence-corrected chi connectivity index (χ3v) is 2.74. The highest BCUT2D eigenvalue weighted by atomic mass is 79.9. The second-order valence-electron chi connectivity index (χ2n) is 3.76. The Labute approximate surface area is 110 Å². The van der Waals surface area contributed by atoms with E-state index in [0.29, 0.717) is 19.6 Å². The Balaban J connectivity index is 2.25. The summed E-state index contributed by atoms with van der Waals surface area (Å²) in [7, 11) is 0. The van der Waals surface area contributed by atoms with Gasteiger partial charge < -0.3 is 15.7 Å². The number of aliphatic hydroxyl groups excluding tert-OH is 1. The molecule has 0 aromatic heterocycles. The first-order valence-corrected chi connectivity index (χ1v) is 6.27. The lowest BCUT2D eigenvalue weighted by Crippen LogP contribution is -2.32. The number of benzene rings is 1. The summed E-state index contributed by atoms with van der Waals surface area (Å²) < 4.78 is 0.951. The number of nitrogens with one attached hydrogen (secondary N) is 2. The van der Waals surface area contributed by atoms with Crippen LogP contribution in [-0.2, 0) is 4.79 Å². The van der Waals surface area contributed by atoms with E-state index in [1.54, 1.807) is 0 Å². The lowest BCUT2D eigenvalue weighted by Gasteiger charge is -2.12. The molecule has 1 rings (SSSR count). The summed E-state index contributed by atoms with van der Waals surface area (Å²) in [5.74, 6) is -0.0423. The van der Waals surface area contributed by atoms with Crippen LogP contribution in [0.3, 0.4) is 0 Å². The first kappa shape index (κ1) is 14.2. The number of amides is 1. The Morgan fingerprint density at radius 2 is 2.24 bits per heavy atom. The van der Waals surface area contributed by atoms with Gasteiger partial charge in [0.25, 0.3) is 0 Å². The van der Waals surface area contributed by atoms with Crippen LogP contribution in [0.4, 0.5) is 0 Å². The van der Waals surface area contributed by atoms with Gasteiger partial charge in [0.1, 0.15) is 0 Å². The van der Waals surface area contributed by atoms with Crippen molar-refractivity contribution in [3.63, 3.8) is 0 Å². The van der Waals surface area contributed by atoms with Gasteiger partial charge in [0.15, 0.2) is 0 Å². The molecule has 1 atom stereocenters. The third kappa shape index (κ3) is 5.81. The zero-order chi connectivity index (χ0) is 12.7. The summed E-state index contributed by atoms with van der Waals surface area (Å²) in [6.07, 6.45) is -0.537. The molecule has 17 heavy (non-hydrogen) atoms. The predicted octanol–water partition coefficient (Wildman–Crippen LogP) is 1.21. The van der Waals surface area contributed by atoms with Gasteiger partial charge in [0.05, 0.1) is 6.10 Å². The monoisotopic (exact) mass is 300 g/mol. The first-order chi connectivity index (χ1) is 8.09. The Bertz CT molecular complexity index is 371. The molecular formula is C12H17BrN2O2. The van der Waals surface area contributed by atoms with Crippen LogP contribution in [0.5, 0.6) is 0 Å². The van der Waals surface area contributed by atoms with E-state index in [2.05, 4.69) is 26.6 Å². The van der Waals surface area contributed by atoms with E-state index >= 15 is 0 Å². The minimum Gasteiger partial charge on any atom is -0.387 e. The van der Waals surface area contributed by atoms with Crippen LogP contribution in [0.15, 0.2) is 28.7 Å². The molecule has 0 radical (unpaired) electrons. The number of aliphatic hydroxyl groups is 1. The quantitative estimate of drug-likeness (QED) is 0.692. The fraction of sp³-hybridized carbons (Fsp3) is 0.417. The van der Waals surface area contributed by atoms with E-state index in [-0.39, 0.29) is 5.91 Å². The standard InChI is InChI=1S/C12H17BrN2O2/c1-9(16)15-6-5-14-8-12(17)10-3-2-4-11(13)7-10/h2-4,7,12,14,17H,5-6,8H2,1H3,(H,15,16).